The van der Waals surface area contributed by atoms with E-state index in [9.17, 15) is 9.90 Å². The second kappa shape index (κ2) is 3.57. The molecule has 2 N–H and O–H groups in total. The van der Waals surface area contributed by atoms with Gasteiger partial charge in [-0.1, -0.05) is 6.92 Å². The molecule has 0 aliphatic carbocycles. The van der Waals surface area contributed by atoms with Gasteiger partial charge in [-0.2, -0.15) is 0 Å². The van der Waals surface area contributed by atoms with Gasteiger partial charge in [-0.15, -0.1) is 0 Å². The summed E-state index contributed by atoms with van der Waals surface area (Å²) in [7, 11) is 0. The summed E-state index contributed by atoms with van der Waals surface area (Å²) in [5.41, 5.74) is -0.441. The predicted octanol–water partition coefficient (Wildman–Crippen LogP) is 1.48. The predicted molar refractivity (Wildman–Crippen MR) is 59.5 cm³/mol. The molecule has 1 aliphatic heterocycles. The van der Waals surface area contributed by atoms with Crippen LogP contribution in [0.15, 0.2) is 16.7 Å². The van der Waals surface area contributed by atoms with Gasteiger partial charge >= 0.3 is 0 Å². The lowest BCUT2D eigenvalue weighted by Gasteiger charge is -2.30. The third-order valence-electron chi connectivity index (χ3n) is 2.66. The van der Waals surface area contributed by atoms with Crippen LogP contribution in [0.1, 0.15) is 18.9 Å². The standard InChI is InChI=1S/C10H11BrN2O2/c1-2-10(15)4-6-3-7(11)5-12-8(6)13-9(10)14/h3,5,15H,2,4H2,1H3,(H,12,13,14). The van der Waals surface area contributed by atoms with Crippen molar-refractivity contribution in [3.05, 3.63) is 22.3 Å². The number of halogens is 1. The molecule has 5 heteroatoms. The number of nitrogens with one attached hydrogen (secondary N) is 1. The first-order valence-corrected chi connectivity index (χ1v) is 5.53. The third kappa shape index (κ3) is 1.77. The number of hydrogen-bond donors (Lipinski definition) is 2. The quantitative estimate of drug-likeness (QED) is 0.813. The first kappa shape index (κ1) is 10.6. The molecule has 0 spiro atoms. The van der Waals surface area contributed by atoms with Crippen LogP contribution >= 0.6 is 15.9 Å². The van der Waals surface area contributed by atoms with Crippen molar-refractivity contribution in [3.8, 4) is 0 Å². The molecule has 0 radical (unpaired) electrons. The lowest BCUT2D eigenvalue weighted by molar-refractivity contribution is -0.135. The normalized spacial score (nSPS) is 24.6. The monoisotopic (exact) mass is 270 g/mol. The maximum atomic E-state index is 11.6. The fraction of sp³-hybridized carbons (Fsp3) is 0.400. The number of amides is 1. The van der Waals surface area contributed by atoms with E-state index < -0.39 is 5.60 Å². The van der Waals surface area contributed by atoms with Crippen molar-refractivity contribution >= 4 is 27.7 Å². The maximum Gasteiger partial charge on any atom is 0.257 e. The van der Waals surface area contributed by atoms with E-state index in [0.717, 1.165) is 10.0 Å². The molecule has 0 bridgehead atoms. The number of anilines is 1. The Labute approximate surface area is 95.8 Å². The fourth-order valence-corrected chi connectivity index (χ4v) is 2.01. The average molecular weight is 271 g/mol. The molecular formula is C10H11BrN2O2. The van der Waals surface area contributed by atoms with Crippen LogP contribution in [0.25, 0.3) is 0 Å². The molecule has 1 aliphatic rings. The van der Waals surface area contributed by atoms with Crippen LogP contribution in [0.2, 0.25) is 0 Å². The van der Waals surface area contributed by atoms with Gasteiger partial charge in [0.2, 0.25) is 0 Å². The molecule has 2 heterocycles. The summed E-state index contributed by atoms with van der Waals surface area (Å²) in [6, 6.07) is 1.86. The Morgan fingerprint density at radius 3 is 3.13 bits per heavy atom. The van der Waals surface area contributed by atoms with Crippen LogP contribution in [0.4, 0.5) is 5.82 Å². The molecule has 0 saturated carbocycles. The molecule has 1 unspecified atom stereocenters. The second-order valence-electron chi connectivity index (χ2n) is 3.68. The SMILES string of the molecule is CCC1(O)Cc2cc(Br)cnc2NC1=O. The second-order valence-corrected chi connectivity index (χ2v) is 4.59. The van der Waals surface area contributed by atoms with E-state index in [4.69, 9.17) is 0 Å². The van der Waals surface area contributed by atoms with Crippen molar-refractivity contribution in [2.45, 2.75) is 25.4 Å². The molecule has 2 rings (SSSR count). The smallest absolute Gasteiger partial charge is 0.257 e. The zero-order valence-electron chi connectivity index (χ0n) is 8.25. The highest BCUT2D eigenvalue weighted by molar-refractivity contribution is 9.10. The molecule has 80 valence electrons. The number of fused-ring (bicyclic) bond motifs is 1. The van der Waals surface area contributed by atoms with Crippen LogP contribution in [0.3, 0.4) is 0 Å². The van der Waals surface area contributed by atoms with E-state index in [1.165, 1.54) is 0 Å². The number of rotatable bonds is 1. The van der Waals surface area contributed by atoms with Gasteiger partial charge in [-0.3, -0.25) is 4.79 Å². The summed E-state index contributed by atoms with van der Waals surface area (Å²) in [6.45, 7) is 1.79. The minimum atomic E-state index is -1.30. The van der Waals surface area contributed by atoms with Gasteiger partial charge in [-0.25, -0.2) is 4.98 Å². The lowest BCUT2D eigenvalue weighted by atomic mass is 9.88. The molecule has 15 heavy (non-hydrogen) atoms. The summed E-state index contributed by atoms with van der Waals surface area (Å²) < 4.78 is 0.843. The molecule has 1 amide bonds. The van der Waals surface area contributed by atoms with Crippen molar-refractivity contribution in [1.82, 2.24) is 4.98 Å². The number of nitrogens with zero attached hydrogens (tertiary/aromatic N) is 1. The average Bonchev–Trinajstić information content (AvgIpc) is 2.20. The highest BCUT2D eigenvalue weighted by Gasteiger charge is 2.39. The van der Waals surface area contributed by atoms with E-state index >= 15 is 0 Å². The van der Waals surface area contributed by atoms with Crippen molar-refractivity contribution in [1.29, 1.82) is 0 Å². The van der Waals surface area contributed by atoms with Crippen LogP contribution in [0, 0.1) is 0 Å². The minimum absolute atomic E-state index is 0.317. The third-order valence-corrected chi connectivity index (χ3v) is 3.09. The van der Waals surface area contributed by atoms with Gasteiger partial charge in [0.05, 0.1) is 0 Å². The summed E-state index contributed by atoms with van der Waals surface area (Å²) in [5, 5.41) is 12.6. The number of hydrogen-bond acceptors (Lipinski definition) is 3. The molecule has 1 aromatic heterocycles. The van der Waals surface area contributed by atoms with Crippen molar-refractivity contribution in [3.63, 3.8) is 0 Å². The Bertz CT molecular complexity index is 422. The molecule has 1 aromatic rings. The van der Waals surface area contributed by atoms with Gasteiger partial charge in [0.25, 0.3) is 5.91 Å². The molecule has 0 aromatic carbocycles. The Kier molecular flexibility index (Phi) is 2.52. The summed E-state index contributed by atoms with van der Waals surface area (Å²) >= 11 is 3.31. The van der Waals surface area contributed by atoms with Crippen LogP contribution < -0.4 is 5.32 Å². The Balaban J connectivity index is 2.43. The molecule has 0 saturated heterocycles. The van der Waals surface area contributed by atoms with E-state index in [1.54, 1.807) is 13.1 Å². The molecule has 0 fully saturated rings. The number of aromatic nitrogens is 1. The number of carbonyl (C=O) groups is 1. The van der Waals surface area contributed by atoms with Gasteiger partial charge in [0.15, 0.2) is 0 Å². The highest BCUT2D eigenvalue weighted by atomic mass is 79.9. The van der Waals surface area contributed by atoms with Gasteiger partial charge < -0.3 is 10.4 Å². The molecular weight excluding hydrogens is 260 g/mol. The number of pyridine rings is 1. The highest BCUT2D eigenvalue weighted by Crippen LogP contribution is 2.29. The topological polar surface area (TPSA) is 62.2 Å². The number of carbonyl (C=O) groups excluding carboxylic acids is 1. The van der Waals surface area contributed by atoms with Crippen LogP contribution in [0.5, 0.6) is 0 Å². The Hall–Kier alpha value is -0.940. The summed E-state index contributed by atoms with van der Waals surface area (Å²) in [6.07, 6.45) is 2.33. The van der Waals surface area contributed by atoms with E-state index in [-0.39, 0.29) is 5.91 Å². The van der Waals surface area contributed by atoms with Gasteiger partial charge in [-0.05, 0) is 34.0 Å². The van der Waals surface area contributed by atoms with Crippen LogP contribution in [-0.4, -0.2) is 21.6 Å². The number of aliphatic hydroxyl groups is 1. The van der Waals surface area contributed by atoms with Crippen molar-refractivity contribution in [2.24, 2.45) is 0 Å². The Morgan fingerprint density at radius 1 is 1.73 bits per heavy atom. The van der Waals surface area contributed by atoms with E-state index in [0.29, 0.717) is 18.7 Å². The lowest BCUT2D eigenvalue weighted by Crippen LogP contribution is -2.47. The zero-order valence-corrected chi connectivity index (χ0v) is 9.84. The molecule has 4 nitrogen and oxygen atoms in total. The minimum Gasteiger partial charge on any atom is -0.380 e. The van der Waals surface area contributed by atoms with Crippen LogP contribution in [-0.2, 0) is 11.2 Å². The fourth-order valence-electron chi connectivity index (χ4n) is 1.63. The Morgan fingerprint density at radius 2 is 2.47 bits per heavy atom. The van der Waals surface area contributed by atoms with Crippen molar-refractivity contribution < 1.29 is 9.90 Å². The maximum absolute atomic E-state index is 11.6. The van der Waals surface area contributed by atoms with E-state index in [2.05, 4.69) is 26.2 Å². The summed E-state index contributed by atoms with van der Waals surface area (Å²) in [5.74, 6) is 0.175. The zero-order chi connectivity index (χ0) is 11.1. The van der Waals surface area contributed by atoms with Gasteiger partial charge in [0, 0.05) is 17.1 Å². The summed E-state index contributed by atoms with van der Waals surface area (Å²) in [4.78, 5) is 15.7. The van der Waals surface area contributed by atoms with Crippen molar-refractivity contribution in [2.75, 3.05) is 5.32 Å². The first-order valence-electron chi connectivity index (χ1n) is 4.73. The van der Waals surface area contributed by atoms with Gasteiger partial charge in [0.1, 0.15) is 11.4 Å². The first-order chi connectivity index (χ1) is 7.05. The molecule has 1 atom stereocenters. The van der Waals surface area contributed by atoms with E-state index in [1.807, 2.05) is 6.07 Å². The largest absolute Gasteiger partial charge is 0.380 e.